The van der Waals surface area contributed by atoms with Crippen molar-refractivity contribution in [1.29, 1.82) is 0 Å². The Morgan fingerprint density at radius 1 is 1.47 bits per heavy atom. The summed E-state index contributed by atoms with van der Waals surface area (Å²) in [5.41, 5.74) is 0. The SMILES string of the molecule is CC(=O)CC1CC[C@H](NC(C)=O)B(O)O1. The number of rotatable bonds is 3. The van der Waals surface area contributed by atoms with Gasteiger partial charge in [-0.05, 0) is 19.8 Å². The summed E-state index contributed by atoms with van der Waals surface area (Å²) in [6.45, 7) is 2.89. The second kappa shape index (κ2) is 5.28. The van der Waals surface area contributed by atoms with Gasteiger partial charge in [0.05, 0.1) is 5.94 Å². The van der Waals surface area contributed by atoms with Gasteiger partial charge in [-0.25, -0.2) is 0 Å². The molecule has 0 radical (unpaired) electrons. The Balaban J connectivity index is 2.40. The highest BCUT2D eigenvalue weighted by Gasteiger charge is 2.35. The molecule has 15 heavy (non-hydrogen) atoms. The van der Waals surface area contributed by atoms with E-state index in [2.05, 4.69) is 5.32 Å². The molecule has 0 aromatic carbocycles. The minimum Gasteiger partial charge on any atom is -0.426 e. The molecule has 1 amide bonds. The molecule has 6 heteroatoms. The highest BCUT2D eigenvalue weighted by Crippen LogP contribution is 2.18. The molecule has 1 aliphatic heterocycles. The van der Waals surface area contributed by atoms with E-state index in [4.69, 9.17) is 4.65 Å². The fourth-order valence-corrected chi connectivity index (χ4v) is 1.74. The fraction of sp³-hybridized carbons (Fsp3) is 0.778. The Morgan fingerprint density at radius 2 is 2.13 bits per heavy atom. The van der Waals surface area contributed by atoms with Crippen LogP contribution in [0.2, 0.25) is 0 Å². The second-order valence-corrected chi connectivity index (χ2v) is 3.94. The first kappa shape index (κ1) is 12.2. The van der Waals surface area contributed by atoms with Crippen molar-refractivity contribution in [2.24, 2.45) is 0 Å². The fourth-order valence-electron chi connectivity index (χ4n) is 1.74. The van der Waals surface area contributed by atoms with Crippen LogP contribution in [0.1, 0.15) is 33.1 Å². The molecule has 1 unspecified atom stereocenters. The van der Waals surface area contributed by atoms with Crippen LogP contribution in [0.5, 0.6) is 0 Å². The van der Waals surface area contributed by atoms with Gasteiger partial charge in [-0.15, -0.1) is 0 Å². The van der Waals surface area contributed by atoms with Gasteiger partial charge < -0.3 is 15.0 Å². The van der Waals surface area contributed by atoms with Crippen LogP contribution >= 0.6 is 0 Å². The van der Waals surface area contributed by atoms with Crippen LogP contribution in [0.3, 0.4) is 0 Å². The summed E-state index contributed by atoms with van der Waals surface area (Å²) in [5.74, 6) is -0.497. The van der Waals surface area contributed by atoms with Gasteiger partial charge in [-0.1, -0.05) is 0 Å². The lowest BCUT2D eigenvalue weighted by Gasteiger charge is -2.30. The van der Waals surface area contributed by atoms with Crippen molar-refractivity contribution in [1.82, 2.24) is 5.32 Å². The van der Waals surface area contributed by atoms with Gasteiger partial charge in [0.25, 0.3) is 0 Å². The molecule has 5 nitrogen and oxygen atoms in total. The van der Waals surface area contributed by atoms with Crippen LogP contribution in [-0.2, 0) is 14.2 Å². The maximum atomic E-state index is 10.8. The average Bonchev–Trinajstić information content (AvgIpc) is 2.08. The summed E-state index contributed by atoms with van der Waals surface area (Å²) in [7, 11) is -1.01. The molecule has 1 rings (SSSR count). The summed E-state index contributed by atoms with van der Waals surface area (Å²) in [5, 5.41) is 12.2. The summed E-state index contributed by atoms with van der Waals surface area (Å²) < 4.78 is 5.23. The number of ketones is 1. The van der Waals surface area contributed by atoms with Crippen molar-refractivity contribution in [3.63, 3.8) is 0 Å². The number of hydrogen-bond donors (Lipinski definition) is 2. The normalized spacial score (nSPS) is 26.2. The Bertz CT molecular complexity index is 258. The summed E-state index contributed by atoms with van der Waals surface area (Å²) in [6.07, 6.45) is 1.42. The second-order valence-electron chi connectivity index (χ2n) is 3.94. The lowest BCUT2D eigenvalue weighted by molar-refractivity contribution is -0.121. The third-order valence-corrected chi connectivity index (χ3v) is 2.38. The first-order valence-corrected chi connectivity index (χ1v) is 5.09. The Labute approximate surface area is 89.3 Å². The van der Waals surface area contributed by atoms with E-state index < -0.39 is 7.12 Å². The monoisotopic (exact) mass is 213 g/mol. The van der Waals surface area contributed by atoms with E-state index in [1.165, 1.54) is 13.8 Å². The van der Waals surface area contributed by atoms with E-state index >= 15 is 0 Å². The van der Waals surface area contributed by atoms with Gasteiger partial charge in [0.15, 0.2) is 0 Å². The zero-order chi connectivity index (χ0) is 11.4. The summed E-state index contributed by atoms with van der Waals surface area (Å²) >= 11 is 0. The maximum Gasteiger partial charge on any atom is 0.478 e. The topological polar surface area (TPSA) is 75.6 Å². The number of nitrogens with one attached hydrogen (secondary N) is 1. The smallest absolute Gasteiger partial charge is 0.426 e. The van der Waals surface area contributed by atoms with Crippen LogP contribution in [0.25, 0.3) is 0 Å². The molecular weight excluding hydrogens is 197 g/mol. The summed E-state index contributed by atoms with van der Waals surface area (Å²) in [6, 6.07) is 0. The molecule has 1 heterocycles. The van der Waals surface area contributed by atoms with Gasteiger partial charge >= 0.3 is 7.12 Å². The molecule has 84 valence electrons. The minimum atomic E-state index is -1.01. The average molecular weight is 213 g/mol. The molecule has 0 aromatic rings. The Kier molecular flexibility index (Phi) is 4.29. The first-order chi connectivity index (χ1) is 6.99. The number of hydrogen-bond acceptors (Lipinski definition) is 4. The minimum absolute atomic E-state index is 0.0465. The standard InChI is InChI=1S/C9H16BNO4/c1-6(12)5-8-3-4-9(10(14)15-8)11-7(2)13/h8-9,14H,3-5H2,1-2H3,(H,11,13)/t8?,9-/m0/s1. The third-order valence-electron chi connectivity index (χ3n) is 2.38. The van der Waals surface area contributed by atoms with Gasteiger partial charge in [0.2, 0.25) is 5.91 Å². The van der Waals surface area contributed by atoms with Crippen molar-refractivity contribution in [3.8, 4) is 0 Å². The van der Waals surface area contributed by atoms with Crippen molar-refractivity contribution in [3.05, 3.63) is 0 Å². The molecule has 0 saturated carbocycles. The maximum absolute atomic E-state index is 10.8. The molecular formula is C9H16BNO4. The van der Waals surface area contributed by atoms with Crippen LogP contribution < -0.4 is 5.32 Å². The molecule has 0 spiro atoms. The van der Waals surface area contributed by atoms with E-state index in [1.807, 2.05) is 0 Å². The number of Topliss-reactive ketones (excluding diaryl/α,β-unsaturated/α-hetero) is 1. The molecule has 2 atom stereocenters. The third kappa shape index (κ3) is 4.01. The Morgan fingerprint density at radius 3 is 2.60 bits per heavy atom. The molecule has 0 bridgehead atoms. The van der Waals surface area contributed by atoms with Crippen LogP contribution in [0.15, 0.2) is 0 Å². The molecule has 1 saturated heterocycles. The van der Waals surface area contributed by atoms with Crippen molar-refractivity contribution in [2.75, 3.05) is 0 Å². The van der Waals surface area contributed by atoms with Crippen molar-refractivity contribution >= 4 is 18.8 Å². The van der Waals surface area contributed by atoms with Crippen molar-refractivity contribution in [2.45, 2.75) is 45.2 Å². The molecule has 1 aliphatic rings. The van der Waals surface area contributed by atoms with Crippen LogP contribution in [0, 0.1) is 0 Å². The first-order valence-electron chi connectivity index (χ1n) is 5.09. The van der Waals surface area contributed by atoms with Gasteiger partial charge in [0, 0.05) is 19.4 Å². The largest absolute Gasteiger partial charge is 0.478 e. The highest BCUT2D eigenvalue weighted by atomic mass is 16.5. The number of carbonyl (C=O) groups excluding carboxylic acids is 2. The molecule has 0 aromatic heterocycles. The van der Waals surface area contributed by atoms with E-state index in [-0.39, 0.29) is 23.7 Å². The predicted octanol–water partition coefficient (Wildman–Crippen LogP) is -0.331. The van der Waals surface area contributed by atoms with Crippen LogP contribution in [-0.4, -0.2) is 35.9 Å². The predicted molar refractivity (Wildman–Crippen MR) is 55.0 cm³/mol. The van der Waals surface area contributed by atoms with Gasteiger partial charge in [-0.2, -0.15) is 0 Å². The quantitative estimate of drug-likeness (QED) is 0.629. The van der Waals surface area contributed by atoms with E-state index in [0.29, 0.717) is 19.3 Å². The molecule has 1 fully saturated rings. The van der Waals surface area contributed by atoms with E-state index in [9.17, 15) is 14.6 Å². The zero-order valence-corrected chi connectivity index (χ0v) is 9.03. The lowest BCUT2D eigenvalue weighted by Crippen LogP contribution is -2.52. The highest BCUT2D eigenvalue weighted by molar-refractivity contribution is 6.45. The molecule has 0 aliphatic carbocycles. The van der Waals surface area contributed by atoms with Gasteiger partial charge in [-0.3, -0.25) is 9.59 Å². The lowest BCUT2D eigenvalue weighted by atomic mass is 9.72. The van der Waals surface area contributed by atoms with Crippen molar-refractivity contribution < 1.29 is 19.3 Å². The summed E-state index contributed by atoms with van der Waals surface area (Å²) in [4.78, 5) is 21.6. The zero-order valence-electron chi connectivity index (χ0n) is 9.03. The van der Waals surface area contributed by atoms with E-state index in [1.54, 1.807) is 0 Å². The molecule has 2 N–H and O–H groups in total. The van der Waals surface area contributed by atoms with Gasteiger partial charge in [0.1, 0.15) is 5.78 Å². The van der Waals surface area contributed by atoms with Crippen LogP contribution in [0.4, 0.5) is 0 Å². The number of amides is 1. The van der Waals surface area contributed by atoms with E-state index in [0.717, 1.165) is 0 Å². The Hall–Kier alpha value is -0.875. The number of carbonyl (C=O) groups is 2.